The Morgan fingerprint density at radius 3 is 2.29 bits per heavy atom. The molecule has 0 aromatic carbocycles. The van der Waals surface area contributed by atoms with Crippen LogP contribution in [0, 0.1) is 11.8 Å². The molecule has 17 heavy (non-hydrogen) atoms. The summed E-state index contributed by atoms with van der Waals surface area (Å²) in [5, 5.41) is 0. The Balaban J connectivity index is 4.04. The van der Waals surface area contributed by atoms with Gasteiger partial charge in [-0.3, -0.25) is 0 Å². The van der Waals surface area contributed by atoms with Crippen LogP contribution >= 0.6 is 0 Å². The van der Waals surface area contributed by atoms with Crippen molar-refractivity contribution in [2.75, 3.05) is 18.8 Å². The predicted molar refractivity (Wildman–Crippen MR) is 73.3 cm³/mol. The third kappa shape index (κ3) is 9.56. The summed E-state index contributed by atoms with van der Waals surface area (Å²) in [6.45, 7) is 7.33. The molecular formula is C12H28N2O2S. The lowest BCUT2D eigenvalue weighted by Gasteiger charge is -2.16. The average molecular weight is 264 g/mol. The van der Waals surface area contributed by atoms with Gasteiger partial charge in [0.2, 0.25) is 10.0 Å². The second-order valence-corrected chi connectivity index (χ2v) is 7.01. The maximum absolute atomic E-state index is 11.7. The standard InChI is InChI=1S/C12H28N2O2S/c1-4-5-12(6-8-13)10-14-17(15,16)9-7-11(2)3/h11-12,14H,4-10,13H2,1-3H3. The smallest absolute Gasteiger partial charge is 0.211 e. The van der Waals surface area contributed by atoms with Crippen molar-refractivity contribution in [3.05, 3.63) is 0 Å². The van der Waals surface area contributed by atoms with Crippen LogP contribution in [0.5, 0.6) is 0 Å². The minimum atomic E-state index is -3.10. The normalized spacial score (nSPS) is 14.2. The van der Waals surface area contributed by atoms with E-state index in [1.165, 1.54) is 0 Å². The molecule has 0 rings (SSSR count). The van der Waals surface area contributed by atoms with Gasteiger partial charge in [0.05, 0.1) is 5.75 Å². The van der Waals surface area contributed by atoms with Gasteiger partial charge < -0.3 is 5.73 Å². The van der Waals surface area contributed by atoms with Crippen molar-refractivity contribution in [1.82, 2.24) is 4.72 Å². The van der Waals surface area contributed by atoms with Crippen LogP contribution in [0.3, 0.4) is 0 Å². The van der Waals surface area contributed by atoms with E-state index in [-0.39, 0.29) is 5.75 Å². The van der Waals surface area contributed by atoms with Gasteiger partial charge in [0, 0.05) is 6.54 Å². The molecule has 0 saturated carbocycles. The highest BCUT2D eigenvalue weighted by Gasteiger charge is 2.14. The van der Waals surface area contributed by atoms with Gasteiger partial charge in [-0.1, -0.05) is 27.2 Å². The fourth-order valence-corrected chi connectivity index (χ4v) is 3.12. The molecular weight excluding hydrogens is 236 g/mol. The summed E-state index contributed by atoms with van der Waals surface area (Å²) < 4.78 is 26.1. The Morgan fingerprint density at radius 1 is 1.18 bits per heavy atom. The monoisotopic (exact) mass is 264 g/mol. The quantitative estimate of drug-likeness (QED) is 0.631. The van der Waals surface area contributed by atoms with Gasteiger partial charge in [-0.15, -0.1) is 0 Å². The van der Waals surface area contributed by atoms with Gasteiger partial charge in [0.1, 0.15) is 0 Å². The molecule has 0 aliphatic carbocycles. The lowest BCUT2D eigenvalue weighted by Crippen LogP contribution is -2.32. The Morgan fingerprint density at radius 2 is 1.82 bits per heavy atom. The van der Waals surface area contributed by atoms with Crippen molar-refractivity contribution in [2.45, 2.75) is 46.5 Å². The molecule has 104 valence electrons. The first-order valence-corrected chi connectivity index (χ1v) is 8.24. The minimum Gasteiger partial charge on any atom is -0.330 e. The van der Waals surface area contributed by atoms with Crippen LogP contribution in [-0.4, -0.2) is 27.3 Å². The molecule has 0 aliphatic rings. The van der Waals surface area contributed by atoms with Crippen LogP contribution in [0.25, 0.3) is 0 Å². The van der Waals surface area contributed by atoms with E-state index >= 15 is 0 Å². The van der Waals surface area contributed by atoms with Crippen molar-refractivity contribution in [3.8, 4) is 0 Å². The van der Waals surface area contributed by atoms with E-state index in [0.717, 1.165) is 19.3 Å². The van der Waals surface area contributed by atoms with Gasteiger partial charge in [-0.05, 0) is 37.6 Å². The first-order valence-electron chi connectivity index (χ1n) is 6.58. The van der Waals surface area contributed by atoms with Crippen molar-refractivity contribution in [3.63, 3.8) is 0 Å². The van der Waals surface area contributed by atoms with Crippen LogP contribution in [0.4, 0.5) is 0 Å². The average Bonchev–Trinajstić information content (AvgIpc) is 2.24. The lowest BCUT2D eigenvalue weighted by atomic mass is 10.0. The fourth-order valence-electron chi connectivity index (χ4n) is 1.70. The molecule has 1 atom stereocenters. The van der Waals surface area contributed by atoms with Crippen LogP contribution in [0.1, 0.15) is 46.5 Å². The lowest BCUT2D eigenvalue weighted by molar-refractivity contribution is 0.442. The third-order valence-corrected chi connectivity index (χ3v) is 4.21. The number of nitrogens with one attached hydrogen (secondary N) is 1. The van der Waals surface area contributed by atoms with Crippen molar-refractivity contribution in [2.24, 2.45) is 17.6 Å². The van der Waals surface area contributed by atoms with E-state index in [4.69, 9.17) is 5.73 Å². The maximum atomic E-state index is 11.7. The van der Waals surface area contributed by atoms with Crippen LogP contribution < -0.4 is 10.5 Å². The summed E-state index contributed by atoms with van der Waals surface area (Å²) in [6.07, 6.45) is 3.70. The predicted octanol–water partition coefficient (Wildman–Crippen LogP) is 1.72. The zero-order chi connectivity index (χ0) is 13.3. The zero-order valence-electron chi connectivity index (χ0n) is 11.4. The SMILES string of the molecule is CCCC(CCN)CNS(=O)(=O)CCC(C)C. The van der Waals surface area contributed by atoms with Crippen LogP contribution in [0.15, 0.2) is 0 Å². The summed E-state index contributed by atoms with van der Waals surface area (Å²) in [5.74, 6) is 1.02. The van der Waals surface area contributed by atoms with Gasteiger partial charge in [0.15, 0.2) is 0 Å². The number of rotatable bonds is 10. The van der Waals surface area contributed by atoms with Crippen molar-refractivity contribution < 1.29 is 8.42 Å². The van der Waals surface area contributed by atoms with Crippen molar-refractivity contribution >= 4 is 10.0 Å². The Hall–Kier alpha value is -0.130. The van der Waals surface area contributed by atoms with E-state index in [9.17, 15) is 8.42 Å². The van der Waals surface area contributed by atoms with E-state index in [1.807, 2.05) is 13.8 Å². The van der Waals surface area contributed by atoms with E-state index in [0.29, 0.717) is 31.3 Å². The molecule has 0 aromatic rings. The molecule has 0 saturated heterocycles. The molecule has 0 aliphatic heterocycles. The Labute approximate surface area is 106 Å². The van der Waals surface area contributed by atoms with Crippen LogP contribution in [-0.2, 0) is 10.0 Å². The van der Waals surface area contributed by atoms with Crippen LogP contribution in [0.2, 0.25) is 0 Å². The Bertz CT molecular complexity index is 270. The molecule has 3 N–H and O–H groups in total. The first kappa shape index (κ1) is 16.9. The molecule has 0 aromatic heterocycles. The molecule has 0 radical (unpaired) electrons. The largest absolute Gasteiger partial charge is 0.330 e. The fraction of sp³-hybridized carbons (Fsp3) is 1.00. The van der Waals surface area contributed by atoms with E-state index in [2.05, 4.69) is 11.6 Å². The zero-order valence-corrected chi connectivity index (χ0v) is 12.2. The molecule has 1 unspecified atom stereocenters. The summed E-state index contributed by atoms with van der Waals surface area (Å²) in [4.78, 5) is 0. The van der Waals surface area contributed by atoms with E-state index < -0.39 is 10.0 Å². The molecule has 0 spiro atoms. The summed E-state index contributed by atoms with van der Waals surface area (Å²) in [5.41, 5.74) is 5.52. The second kappa shape index (κ2) is 8.89. The maximum Gasteiger partial charge on any atom is 0.211 e. The molecule has 0 amide bonds. The van der Waals surface area contributed by atoms with E-state index in [1.54, 1.807) is 0 Å². The highest BCUT2D eigenvalue weighted by Crippen LogP contribution is 2.10. The highest BCUT2D eigenvalue weighted by atomic mass is 32.2. The number of hydrogen-bond donors (Lipinski definition) is 2. The molecule has 4 nitrogen and oxygen atoms in total. The molecule has 0 heterocycles. The Kier molecular flexibility index (Phi) is 8.82. The number of nitrogens with two attached hydrogens (primary N) is 1. The molecule has 5 heteroatoms. The molecule has 0 bridgehead atoms. The summed E-state index contributed by atoms with van der Waals surface area (Å²) in [6, 6.07) is 0. The third-order valence-electron chi connectivity index (χ3n) is 2.83. The van der Waals surface area contributed by atoms with Crippen molar-refractivity contribution in [1.29, 1.82) is 0 Å². The van der Waals surface area contributed by atoms with Gasteiger partial charge >= 0.3 is 0 Å². The van der Waals surface area contributed by atoms with Gasteiger partial charge in [0.25, 0.3) is 0 Å². The highest BCUT2D eigenvalue weighted by molar-refractivity contribution is 7.89. The topological polar surface area (TPSA) is 72.2 Å². The number of sulfonamides is 1. The molecule has 0 fully saturated rings. The summed E-state index contributed by atoms with van der Waals surface area (Å²) in [7, 11) is -3.10. The first-order chi connectivity index (χ1) is 7.91. The van der Waals surface area contributed by atoms with Gasteiger partial charge in [-0.2, -0.15) is 0 Å². The minimum absolute atomic E-state index is 0.228. The van der Waals surface area contributed by atoms with Gasteiger partial charge in [-0.25, -0.2) is 13.1 Å². The number of hydrogen-bond acceptors (Lipinski definition) is 3. The summed E-state index contributed by atoms with van der Waals surface area (Å²) >= 11 is 0. The second-order valence-electron chi connectivity index (χ2n) is 5.08.